The molecule has 2 N–H and O–H groups in total. The van der Waals surface area contributed by atoms with Gasteiger partial charge in [0.15, 0.2) is 5.11 Å². The Morgan fingerprint density at radius 2 is 1.42 bits per heavy atom. The van der Waals surface area contributed by atoms with E-state index in [4.69, 9.17) is 35.4 Å². The van der Waals surface area contributed by atoms with Gasteiger partial charge in [-0.1, -0.05) is 23.2 Å². The third-order valence-corrected chi connectivity index (χ3v) is 3.58. The summed E-state index contributed by atoms with van der Waals surface area (Å²) in [6.07, 6.45) is 0. The monoisotopic (exact) mass is 422 g/mol. The van der Waals surface area contributed by atoms with Gasteiger partial charge in [0, 0.05) is 25.0 Å². The minimum atomic E-state index is 0.486. The molecule has 2 rings (SSSR count). The van der Waals surface area contributed by atoms with Crippen molar-refractivity contribution in [3.05, 3.63) is 56.1 Å². The van der Waals surface area contributed by atoms with Crippen LogP contribution in [0.2, 0.25) is 10.0 Å². The summed E-state index contributed by atoms with van der Waals surface area (Å²) in [5.74, 6) is 0. The molecule has 0 unspecified atom stereocenters. The quantitative estimate of drug-likeness (QED) is 0.500. The van der Waals surface area contributed by atoms with Crippen LogP contribution in [-0.2, 0) is 0 Å². The fraction of sp³-hybridized carbons (Fsp3) is 0. The van der Waals surface area contributed by atoms with Gasteiger partial charge in [-0.25, -0.2) is 0 Å². The van der Waals surface area contributed by atoms with Crippen molar-refractivity contribution >= 4 is 74.5 Å². The SMILES string of the molecule is S=C(Nc1ccc(I)cc1)Nc1cc(Cl)cc(Cl)c1. The van der Waals surface area contributed by atoms with E-state index in [0.29, 0.717) is 15.2 Å². The molecule has 0 radical (unpaired) electrons. The van der Waals surface area contributed by atoms with Crippen LogP contribution in [-0.4, -0.2) is 5.11 Å². The highest BCUT2D eigenvalue weighted by atomic mass is 127. The van der Waals surface area contributed by atoms with Gasteiger partial charge in [0.25, 0.3) is 0 Å². The normalized spacial score (nSPS) is 10.1. The molecule has 0 spiro atoms. The number of hydrogen-bond donors (Lipinski definition) is 2. The minimum Gasteiger partial charge on any atom is -0.332 e. The predicted molar refractivity (Wildman–Crippen MR) is 95.5 cm³/mol. The Balaban J connectivity index is 2.03. The van der Waals surface area contributed by atoms with E-state index < -0.39 is 0 Å². The molecular formula is C13H9Cl2IN2S. The summed E-state index contributed by atoms with van der Waals surface area (Å²) in [6, 6.07) is 13.1. The average Bonchev–Trinajstić information content (AvgIpc) is 2.30. The second-order valence-electron chi connectivity index (χ2n) is 3.74. The van der Waals surface area contributed by atoms with E-state index in [1.807, 2.05) is 24.3 Å². The summed E-state index contributed by atoms with van der Waals surface area (Å²) >= 11 is 19.3. The number of hydrogen-bond acceptors (Lipinski definition) is 1. The topological polar surface area (TPSA) is 24.1 Å². The maximum Gasteiger partial charge on any atom is 0.175 e. The number of thiocarbonyl (C=S) groups is 1. The molecule has 0 fully saturated rings. The molecule has 2 aromatic rings. The molecule has 19 heavy (non-hydrogen) atoms. The molecule has 6 heteroatoms. The fourth-order valence-electron chi connectivity index (χ4n) is 1.45. The van der Waals surface area contributed by atoms with Crippen LogP contribution in [0, 0.1) is 3.57 Å². The van der Waals surface area contributed by atoms with Gasteiger partial charge in [-0.2, -0.15) is 0 Å². The Hall–Kier alpha value is -0.560. The molecule has 0 aromatic heterocycles. The van der Waals surface area contributed by atoms with Crippen molar-refractivity contribution in [3.63, 3.8) is 0 Å². The van der Waals surface area contributed by atoms with E-state index in [1.165, 1.54) is 3.57 Å². The van der Waals surface area contributed by atoms with E-state index in [-0.39, 0.29) is 0 Å². The highest BCUT2D eigenvalue weighted by molar-refractivity contribution is 14.1. The second-order valence-corrected chi connectivity index (χ2v) is 6.27. The Kier molecular flexibility index (Phi) is 5.27. The van der Waals surface area contributed by atoms with Crippen molar-refractivity contribution in [1.29, 1.82) is 0 Å². The molecule has 0 aliphatic rings. The third-order valence-electron chi connectivity index (χ3n) is 2.22. The number of halogens is 3. The fourth-order valence-corrected chi connectivity index (χ4v) is 2.57. The van der Waals surface area contributed by atoms with Gasteiger partial charge in [0.2, 0.25) is 0 Å². The molecular weight excluding hydrogens is 414 g/mol. The number of rotatable bonds is 2. The zero-order valence-corrected chi connectivity index (χ0v) is 14.1. The summed E-state index contributed by atoms with van der Waals surface area (Å²) in [5.41, 5.74) is 1.67. The van der Waals surface area contributed by atoms with E-state index in [2.05, 4.69) is 33.2 Å². The maximum atomic E-state index is 5.92. The van der Waals surface area contributed by atoms with Crippen LogP contribution in [0.5, 0.6) is 0 Å². The van der Waals surface area contributed by atoms with Gasteiger partial charge < -0.3 is 10.6 Å². The van der Waals surface area contributed by atoms with Crippen LogP contribution in [0.25, 0.3) is 0 Å². The minimum absolute atomic E-state index is 0.486. The van der Waals surface area contributed by atoms with Crippen molar-refractivity contribution in [2.45, 2.75) is 0 Å². The van der Waals surface area contributed by atoms with Crippen LogP contribution in [0.4, 0.5) is 11.4 Å². The van der Waals surface area contributed by atoms with E-state index in [1.54, 1.807) is 18.2 Å². The molecule has 0 aliphatic carbocycles. The Morgan fingerprint density at radius 1 is 0.895 bits per heavy atom. The van der Waals surface area contributed by atoms with Gasteiger partial charge in [-0.05, 0) is 77.3 Å². The van der Waals surface area contributed by atoms with Gasteiger partial charge >= 0.3 is 0 Å². The third kappa shape index (κ3) is 4.80. The lowest BCUT2D eigenvalue weighted by Crippen LogP contribution is -2.18. The van der Waals surface area contributed by atoms with Crippen LogP contribution in [0.3, 0.4) is 0 Å². The summed E-state index contributed by atoms with van der Waals surface area (Å²) < 4.78 is 1.17. The molecule has 2 nitrogen and oxygen atoms in total. The molecule has 0 aliphatic heterocycles. The Labute approximate surface area is 140 Å². The van der Waals surface area contributed by atoms with Crippen molar-refractivity contribution in [1.82, 2.24) is 0 Å². The second kappa shape index (κ2) is 6.74. The van der Waals surface area contributed by atoms with Crippen LogP contribution in [0.15, 0.2) is 42.5 Å². The molecule has 0 heterocycles. The number of nitrogens with one attached hydrogen (secondary N) is 2. The highest BCUT2D eigenvalue weighted by Gasteiger charge is 2.01. The molecule has 0 saturated heterocycles. The number of benzene rings is 2. The van der Waals surface area contributed by atoms with Crippen molar-refractivity contribution in [2.24, 2.45) is 0 Å². The van der Waals surface area contributed by atoms with E-state index >= 15 is 0 Å². The van der Waals surface area contributed by atoms with E-state index in [9.17, 15) is 0 Å². The highest BCUT2D eigenvalue weighted by Crippen LogP contribution is 2.22. The molecule has 98 valence electrons. The zero-order valence-electron chi connectivity index (χ0n) is 9.58. The van der Waals surface area contributed by atoms with E-state index in [0.717, 1.165) is 11.4 Å². The summed E-state index contributed by atoms with van der Waals surface area (Å²) in [7, 11) is 0. The average molecular weight is 423 g/mol. The van der Waals surface area contributed by atoms with Crippen LogP contribution >= 0.6 is 58.0 Å². The molecule has 2 aromatic carbocycles. The van der Waals surface area contributed by atoms with Crippen molar-refractivity contribution < 1.29 is 0 Å². The Morgan fingerprint density at radius 3 is 2.00 bits per heavy atom. The summed E-state index contributed by atoms with van der Waals surface area (Å²) in [4.78, 5) is 0. The summed E-state index contributed by atoms with van der Waals surface area (Å²) in [5, 5.41) is 7.73. The standard InChI is InChI=1S/C13H9Cl2IN2S/c14-8-5-9(15)7-12(6-8)18-13(19)17-11-3-1-10(16)2-4-11/h1-7H,(H2,17,18,19). The van der Waals surface area contributed by atoms with Crippen LogP contribution in [0.1, 0.15) is 0 Å². The smallest absolute Gasteiger partial charge is 0.175 e. The van der Waals surface area contributed by atoms with Crippen molar-refractivity contribution in [3.8, 4) is 0 Å². The molecule has 0 amide bonds. The maximum absolute atomic E-state index is 5.92. The first-order valence-electron chi connectivity index (χ1n) is 5.32. The first-order valence-corrected chi connectivity index (χ1v) is 7.57. The largest absolute Gasteiger partial charge is 0.332 e. The lowest BCUT2D eigenvalue weighted by Gasteiger charge is -2.11. The molecule has 0 saturated carbocycles. The van der Waals surface area contributed by atoms with Gasteiger partial charge in [-0.15, -0.1) is 0 Å². The summed E-state index contributed by atoms with van der Waals surface area (Å²) in [6.45, 7) is 0. The lowest BCUT2D eigenvalue weighted by atomic mass is 10.3. The zero-order chi connectivity index (χ0) is 13.8. The van der Waals surface area contributed by atoms with Gasteiger partial charge in [0.05, 0.1) is 0 Å². The van der Waals surface area contributed by atoms with Gasteiger partial charge in [-0.3, -0.25) is 0 Å². The number of anilines is 2. The lowest BCUT2D eigenvalue weighted by molar-refractivity contribution is 1.58. The first kappa shape index (κ1) is 14.8. The van der Waals surface area contributed by atoms with Gasteiger partial charge in [0.1, 0.15) is 0 Å². The van der Waals surface area contributed by atoms with Crippen LogP contribution < -0.4 is 10.6 Å². The molecule has 0 atom stereocenters. The first-order chi connectivity index (χ1) is 9.02. The Bertz CT molecular complexity index is 582. The molecule has 0 bridgehead atoms. The predicted octanol–water partition coefficient (Wildman–Crippen LogP) is 5.41. The van der Waals surface area contributed by atoms with Crippen molar-refractivity contribution in [2.75, 3.05) is 10.6 Å².